The van der Waals surface area contributed by atoms with Crippen molar-refractivity contribution in [3.63, 3.8) is 0 Å². The lowest BCUT2D eigenvalue weighted by Crippen LogP contribution is -2.23. The topological polar surface area (TPSA) is 80.9 Å². The summed E-state index contributed by atoms with van der Waals surface area (Å²) in [6, 6.07) is 21.3. The molecule has 3 aromatic carbocycles. The van der Waals surface area contributed by atoms with Crippen molar-refractivity contribution in [2.24, 2.45) is 10.9 Å². The largest absolute Gasteiger partial charge is 0.496 e. The number of halogens is 2. The Labute approximate surface area is 166 Å². The lowest BCUT2D eigenvalue weighted by atomic mass is 9.98. The van der Waals surface area contributed by atoms with E-state index in [1.54, 1.807) is 25.3 Å². The van der Waals surface area contributed by atoms with E-state index in [0.717, 1.165) is 11.1 Å². The fourth-order valence-corrected chi connectivity index (χ4v) is 2.91. The molecule has 8 heteroatoms. The predicted octanol–water partition coefficient (Wildman–Crippen LogP) is 4.20. The zero-order valence-electron chi connectivity index (χ0n) is 15.6. The number of nitrogens with zero attached hydrogens (tertiary/aromatic N) is 1. The number of hydrogen-bond donors (Lipinski definition) is 3. The normalized spacial score (nSPS) is 11.3. The highest BCUT2D eigenvalue weighted by atomic mass is 19.3. The van der Waals surface area contributed by atoms with Crippen molar-refractivity contribution in [1.82, 2.24) is 5.53 Å². The SMILES string of the molecule is COc1ccccc1-c1ccccc1/C(=N/NN)Nc1ccccc1OC(F)F. The first-order chi connectivity index (χ1) is 14.1. The number of amidine groups is 1. The summed E-state index contributed by atoms with van der Waals surface area (Å²) in [6.07, 6.45) is 0. The van der Waals surface area contributed by atoms with Gasteiger partial charge in [-0.25, -0.2) is 11.4 Å². The van der Waals surface area contributed by atoms with Gasteiger partial charge in [-0.2, -0.15) is 8.78 Å². The highest BCUT2D eigenvalue weighted by molar-refractivity contribution is 6.12. The summed E-state index contributed by atoms with van der Waals surface area (Å²) in [7, 11) is 1.59. The Hall–Kier alpha value is -3.65. The van der Waals surface area contributed by atoms with E-state index in [0.29, 0.717) is 22.8 Å². The van der Waals surface area contributed by atoms with Gasteiger partial charge in [-0.3, -0.25) is 0 Å². The van der Waals surface area contributed by atoms with Crippen molar-refractivity contribution in [2.45, 2.75) is 6.61 Å². The molecular formula is C21H20F2N4O2. The van der Waals surface area contributed by atoms with E-state index < -0.39 is 6.61 Å². The minimum Gasteiger partial charge on any atom is -0.496 e. The van der Waals surface area contributed by atoms with Crippen LogP contribution in [0.3, 0.4) is 0 Å². The van der Waals surface area contributed by atoms with E-state index in [4.69, 9.17) is 10.6 Å². The minimum atomic E-state index is -2.95. The number of rotatable bonds is 7. The molecule has 150 valence electrons. The highest BCUT2D eigenvalue weighted by Gasteiger charge is 2.16. The van der Waals surface area contributed by atoms with Crippen LogP contribution in [0.25, 0.3) is 11.1 Å². The van der Waals surface area contributed by atoms with Crippen LogP contribution in [-0.2, 0) is 0 Å². The van der Waals surface area contributed by atoms with Crippen LogP contribution in [0.15, 0.2) is 77.9 Å². The van der Waals surface area contributed by atoms with Gasteiger partial charge in [0, 0.05) is 11.1 Å². The first-order valence-electron chi connectivity index (χ1n) is 8.71. The van der Waals surface area contributed by atoms with E-state index in [-0.39, 0.29) is 5.75 Å². The quantitative estimate of drug-likeness (QED) is 0.241. The van der Waals surface area contributed by atoms with Gasteiger partial charge in [-0.1, -0.05) is 54.6 Å². The number of methoxy groups -OCH3 is 1. The molecule has 0 radical (unpaired) electrons. The van der Waals surface area contributed by atoms with Gasteiger partial charge in [-0.05, 0) is 23.8 Å². The molecule has 3 aromatic rings. The summed E-state index contributed by atoms with van der Waals surface area (Å²) in [6.45, 7) is -2.95. The Morgan fingerprint density at radius 1 is 0.897 bits per heavy atom. The molecule has 0 aliphatic heterocycles. The van der Waals surface area contributed by atoms with Crippen molar-refractivity contribution in [3.8, 4) is 22.6 Å². The van der Waals surface area contributed by atoms with Crippen LogP contribution in [0.5, 0.6) is 11.5 Å². The molecule has 29 heavy (non-hydrogen) atoms. The van der Waals surface area contributed by atoms with E-state index in [1.807, 2.05) is 48.5 Å². The van der Waals surface area contributed by atoms with Crippen LogP contribution >= 0.6 is 0 Å². The zero-order valence-corrected chi connectivity index (χ0v) is 15.6. The number of anilines is 1. The van der Waals surface area contributed by atoms with Crippen LogP contribution in [-0.4, -0.2) is 19.6 Å². The number of benzene rings is 3. The van der Waals surface area contributed by atoms with Crippen LogP contribution < -0.4 is 26.2 Å². The Bertz CT molecular complexity index is 996. The number of nitrogens with two attached hydrogens (primary N) is 1. The molecule has 0 saturated heterocycles. The average molecular weight is 398 g/mol. The maximum atomic E-state index is 12.8. The minimum absolute atomic E-state index is 0.0120. The van der Waals surface area contributed by atoms with Crippen molar-refractivity contribution < 1.29 is 18.3 Å². The molecule has 0 saturated carbocycles. The third-order valence-corrected chi connectivity index (χ3v) is 4.11. The highest BCUT2D eigenvalue weighted by Crippen LogP contribution is 2.33. The predicted molar refractivity (Wildman–Crippen MR) is 109 cm³/mol. The Morgan fingerprint density at radius 2 is 1.52 bits per heavy atom. The molecule has 0 unspecified atom stereocenters. The molecule has 0 aliphatic rings. The summed E-state index contributed by atoms with van der Waals surface area (Å²) in [4.78, 5) is 0. The van der Waals surface area contributed by atoms with E-state index in [1.165, 1.54) is 6.07 Å². The average Bonchev–Trinajstić information content (AvgIpc) is 2.74. The summed E-state index contributed by atoms with van der Waals surface area (Å²) in [5.74, 6) is 6.42. The van der Waals surface area contributed by atoms with Gasteiger partial charge in [0.1, 0.15) is 11.5 Å². The molecule has 0 fully saturated rings. The van der Waals surface area contributed by atoms with Crippen LogP contribution in [0.2, 0.25) is 0 Å². The zero-order chi connectivity index (χ0) is 20.6. The van der Waals surface area contributed by atoms with E-state index >= 15 is 0 Å². The molecule has 0 bridgehead atoms. The van der Waals surface area contributed by atoms with Crippen LogP contribution in [0.4, 0.5) is 14.5 Å². The standard InChI is InChI=1S/C21H20F2N4O2/c1-28-18-12-6-4-9-15(18)14-8-2-3-10-16(14)20(26-27-24)25-17-11-5-7-13-19(17)29-21(22)23/h2-13,21,27H,24H2,1H3,(H,25,26). The lowest BCUT2D eigenvalue weighted by Gasteiger charge is -2.17. The Balaban J connectivity index is 2.06. The molecule has 4 N–H and O–H groups in total. The third kappa shape index (κ3) is 4.80. The molecule has 0 spiro atoms. The maximum absolute atomic E-state index is 12.8. The Morgan fingerprint density at radius 3 is 2.21 bits per heavy atom. The molecule has 3 rings (SSSR count). The number of ether oxygens (including phenoxy) is 2. The monoisotopic (exact) mass is 398 g/mol. The number of para-hydroxylation sites is 3. The van der Waals surface area contributed by atoms with E-state index in [9.17, 15) is 8.78 Å². The van der Waals surface area contributed by atoms with Gasteiger partial charge >= 0.3 is 6.61 Å². The second-order valence-electron chi connectivity index (χ2n) is 5.84. The number of hydrogen-bond acceptors (Lipinski definition) is 5. The fourth-order valence-electron chi connectivity index (χ4n) is 2.91. The molecule has 0 atom stereocenters. The second kappa shape index (κ2) is 9.52. The third-order valence-electron chi connectivity index (χ3n) is 4.11. The van der Waals surface area contributed by atoms with E-state index in [2.05, 4.69) is 20.7 Å². The summed E-state index contributed by atoms with van der Waals surface area (Å²) in [5.41, 5.74) is 4.92. The molecule has 0 aliphatic carbocycles. The van der Waals surface area contributed by atoms with Gasteiger partial charge < -0.3 is 14.8 Å². The summed E-state index contributed by atoms with van der Waals surface area (Å²) >= 11 is 0. The van der Waals surface area contributed by atoms with Gasteiger partial charge in [0.25, 0.3) is 0 Å². The first-order valence-corrected chi connectivity index (χ1v) is 8.71. The first kappa shape index (κ1) is 20.1. The smallest absolute Gasteiger partial charge is 0.387 e. The molecular weight excluding hydrogens is 378 g/mol. The van der Waals surface area contributed by atoms with Crippen molar-refractivity contribution in [1.29, 1.82) is 0 Å². The Kier molecular flexibility index (Phi) is 6.59. The number of nitrogens with one attached hydrogen (secondary N) is 2. The molecule has 0 aromatic heterocycles. The molecule has 0 amide bonds. The van der Waals surface area contributed by atoms with Gasteiger partial charge in [0.05, 0.1) is 12.8 Å². The van der Waals surface area contributed by atoms with Crippen LogP contribution in [0, 0.1) is 0 Å². The number of alkyl halides is 2. The fraction of sp³-hybridized carbons (Fsp3) is 0.0952. The van der Waals surface area contributed by atoms with Crippen LogP contribution in [0.1, 0.15) is 5.56 Å². The van der Waals surface area contributed by atoms with Crippen molar-refractivity contribution >= 4 is 11.5 Å². The van der Waals surface area contributed by atoms with Gasteiger partial charge in [-0.15, -0.1) is 5.10 Å². The lowest BCUT2D eigenvalue weighted by molar-refractivity contribution is -0.0493. The number of hydrazine groups is 1. The number of hydrazone groups is 1. The molecule has 0 heterocycles. The van der Waals surface area contributed by atoms with Gasteiger partial charge in [0.15, 0.2) is 5.84 Å². The second-order valence-corrected chi connectivity index (χ2v) is 5.84. The van der Waals surface area contributed by atoms with Crippen molar-refractivity contribution in [2.75, 3.05) is 12.4 Å². The maximum Gasteiger partial charge on any atom is 0.387 e. The molecule has 6 nitrogen and oxygen atoms in total. The van der Waals surface area contributed by atoms with Gasteiger partial charge in [0.2, 0.25) is 0 Å². The van der Waals surface area contributed by atoms with Crippen molar-refractivity contribution in [3.05, 3.63) is 78.4 Å². The summed E-state index contributed by atoms with van der Waals surface area (Å²) < 4.78 is 35.6. The summed E-state index contributed by atoms with van der Waals surface area (Å²) in [5, 5.41) is 7.13.